The van der Waals surface area contributed by atoms with Gasteiger partial charge in [-0.15, -0.1) is 11.3 Å². The van der Waals surface area contributed by atoms with Crippen LogP contribution in [0.15, 0.2) is 36.4 Å². The lowest BCUT2D eigenvalue weighted by atomic mass is 10.3. The van der Waals surface area contributed by atoms with Crippen LogP contribution in [0.4, 0.5) is 5.69 Å². The van der Waals surface area contributed by atoms with Crippen LogP contribution in [0.5, 0.6) is 5.75 Å². The van der Waals surface area contributed by atoms with E-state index in [0.717, 1.165) is 18.0 Å². The largest absolute Gasteiger partial charge is 0.488 e. The topological polar surface area (TPSA) is 24.5 Å². The van der Waals surface area contributed by atoms with Gasteiger partial charge in [0.1, 0.15) is 12.4 Å². The van der Waals surface area contributed by atoms with Gasteiger partial charge in [0.05, 0.1) is 0 Å². The Morgan fingerprint density at radius 1 is 1.14 bits per heavy atom. The van der Waals surface area contributed by atoms with Gasteiger partial charge in [-0.25, -0.2) is 0 Å². The molecule has 114 valence electrons. The lowest BCUT2D eigenvalue weighted by Crippen LogP contribution is -2.21. The van der Waals surface area contributed by atoms with Gasteiger partial charge in [-0.3, -0.25) is 0 Å². The number of rotatable bonds is 7. The first-order valence-electron chi connectivity index (χ1n) is 7.26. The molecule has 0 aliphatic heterocycles. The quantitative estimate of drug-likeness (QED) is 0.840. The van der Waals surface area contributed by atoms with Crippen LogP contribution in [0, 0.1) is 0 Å². The average molecular weight is 304 g/mol. The number of nitrogens with one attached hydrogen (secondary N) is 1. The van der Waals surface area contributed by atoms with Crippen molar-refractivity contribution in [2.24, 2.45) is 0 Å². The highest BCUT2D eigenvalue weighted by Gasteiger charge is 2.03. The van der Waals surface area contributed by atoms with Crippen LogP contribution in [0.3, 0.4) is 0 Å². The molecule has 1 heterocycles. The SMILES string of the molecule is CC(C)NCc1ccc(COc2cccc(N(C)C)c2)s1. The molecule has 0 unspecified atom stereocenters. The fourth-order valence-corrected chi connectivity index (χ4v) is 2.79. The molecular weight excluding hydrogens is 280 g/mol. The summed E-state index contributed by atoms with van der Waals surface area (Å²) in [7, 11) is 4.07. The summed E-state index contributed by atoms with van der Waals surface area (Å²) < 4.78 is 5.89. The predicted molar refractivity (Wildman–Crippen MR) is 91.4 cm³/mol. The van der Waals surface area contributed by atoms with Crippen LogP contribution in [0.1, 0.15) is 23.6 Å². The summed E-state index contributed by atoms with van der Waals surface area (Å²) >= 11 is 1.81. The Morgan fingerprint density at radius 2 is 1.90 bits per heavy atom. The Kier molecular flexibility index (Phi) is 5.65. The van der Waals surface area contributed by atoms with E-state index in [-0.39, 0.29) is 0 Å². The highest BCUT2D eigenvalue weighted by atomic mass is 32.1. The van der Waals surface area contributed by atoms with E-state index in [1.54, 1.807) is 11.3 Å². The van der Waals surface area contributed by atoms with Crippen LogP contribution < -0.4 is 15.0 Å². The van der Waals surface area contributed by atoms with Crippen molar-refractivity contribution in [2.45, 2.75) is 33.0 Å². The maximum atomic E-state index is 5.89. The van der Waals surface area contributed by atoms with Crippen molar-refractivity contribution in [1.82, 2.24) is 5.32 Å². The van der Waals surface area contributed by atoms with Gasteiger partial charge in [-0.1, -0.05) is 19.9 Å². The van der Waals surface area contributed by atoms with Crippen LogP contribution in [0.25, 0.3) is 0 Å². The van der Waals surface area contributed by atoms with Crippen LogP contribution in [-0.2, 0) is 13.2 Å². The molecular formula is C17H24N2OS. The van der Waals surface area contributed by atoms with Crippen molar-refractivity contribution in [3.8, 4) is 5.75 Å². The van der Waals surface area contributed by atoms with Crippen molar-refractivity contribution in [3.63, 3.8) is 0 Å². The zero-order valence-electron chi connectivity index (χ0n) is 13.2. The summed E-state index contributed by atoms with van der Waals surface area (Å²) in [5.41, 5.74) is 1.15. The molecule has 1 N–H and O–H groups in total. The van der Waals surface area contributed by atoms with Gasteiger partial charge in [0.15, 0.2) is 0 Å². The van der Waals surface area contributed by atoms with E-state index in [9.17, 15) is 0 Å². The molecule has 0 saturated heterocycles. The molecule has 21 heavy (non-hydrogen) atoms. The Hall–Kier alpha value is -1.52. The Morgan fingerprint density at radius 3 is 2.62 bits per heavy atom. The monoisotopic (exact) mass is 304 g/mol. The van der Waals surface area contributed by atoms with Crippen molar-refractivity contribution in [2.75, 3.05) is 19.0 Å². The summed E-state index contributed by atoms with van der Waals surface area (Å²) in [6, 6.07) is 13.0. The van der Waals surface area contributed by atoms with E-state index in [1.807, 2.05) is 26.2 Å². The van der Waals surface area contributed by atoms with Gasteiger partial charge in [-0.2, -0.15) is 0 Å². The van der Waals surface area contributed by atoms with Crippen molar-refractivity contribution < 1.29 is 4.74 Å². The highest BCUT2D eigenvalue weighted by Crippen LogP contribution is 2.22. The Balaban J connectivity index is 1.89. The minimum atomic E-state index is 0.514. The molecule has 0 atom stereocenters. The molecule has 4 heteroatoms. The third-order valence-electron chi connectivity index (χ3n) is 3.12. The molecule has 0 amide bonds. The summed E-state index contributed by atoms with van der Waals surface area (Å²) in [6.07, 6.45) is 0. The molecule has 1 aromatic carbocycles. The fourth-order valence-electron chi connectivity index (χ4n) is 1.91. The van der Waals surface area contributed by atoms with E-state index in [4.69, 9.17) is 4.74 Å². The maximum absolute atomic E-state index is 5.89. The zero-order chi connectivity index (χ0) is 15.2. The molecule has 0 aliphatic rings. The molecule has 0 saturated carbocycles. The summed E-state index contributed by atoms with van der Waals surface area (Å²) in [6.45, 7) is 5.88. The second-order valence-corrected chi connectivity index (χ2v) is 6.84. The maximum Gasteiger partial charge on any atom is 0.122 e. The summed E-state index contributed by atoms with van der Waals surface area (Å²) in [5, 5.41) is 3.43. The minimum Gasteiger partial charge on any atom is -0.488 e. The van der Waals surface area contributed by atoms with Crippen LogP contribution in [-0.4, -0.2) is 20.1 Å². The average Bonchev–Trinajstić information content (AvgIpc) is 2.91. The molecule has 0 fully saturated rings. The third kappa shape index (κ3) is 5.06. The predicted octanol–water partition coefficient (Wildman–Crippen LogP) is 3.89. The smallest absolute Gasteiger partial charge is 0.122 e. The molecule has 2 aromatic rings. The Bertz CT molecular complexity index is 563. The first-order chi connectivity index (χ1) is 10.0. The van der Waals surface area contributed by atoms with Crippen molar-refractivity contribution in [3.05, 3.63) is 46.2 Å². The van der Waals surface area contributed by atoms with E-state index < -0.39 is 0 Å². The normalized spacial score (nSPS) is 10.9. The molecule has 3 nitrogen and oxygen atoms in total. The van der Waals surface area contributed by atoms with Gasteiger partial charge in [0, 0.05) is 48.2 Å². The van der Waals surface area contributed by atoms with Gasteiger partial charge in [0.25, 0.3) is 0 Å². The standard InChI is InChI=1S/C17H24N2OS/c1-13(2)18-11-16-8-9-17(21-16)12-20-15-7-5-6-14(10-15)19(3)4/h5-10,13,18H,11-12H2,1-4H3. The summed E-state index contributed by atoms with van der Waals surface area (Å²) in [5.74, 6) is 0.913. The number of ether oxygens (including phenoxy) is 1. The second kappa shape index (κ2) is 7.48. The molecule has 0 bridgehead atoms. The Labute approximate surface area is 131 Å². The fraction of sp³-hybridized carbons (Fsp3) is 0.412. The molecule has 0 spiro atoms. The first kappa shape index (κ1) is 15.9. The van der Waals surface area contributed by atoms with Crippen molar-refractivity contribution >= 4 is 17.0 Å². The lowest BCUT2D eigenvalue weighted by molar-refractivity contribution is 0.310. The van der Waals surface area contributed by atoms with Gasteiger partial charge in [0.2, 0.25) is 0 Å². The van der Waals surface area contributed by atoms with Crippen molar-refractivity contribution in [1.29, 1.82) is 0 Å². The first-order valence-corrected chi connectivity index (χ1v) is 8.07. The van der Waals surface area contributed by atoms with Gasteiger partial charge in [-0.05, 0) is 24.3 Å². The number of benzene rings is 1. The van der Waals surface area contributed by atoms with E-state index >= 15 is 0 Å². The van der Waals surface area contributed by atoms with Gasteiger partial charge < -0.3 is 15.0 Å². The highest BCUT2D eigenvalue weighted by molar-refractivity contribution is 7.11. The summed E-state index contributed by atoms with van der Waals surface area (Å²) in [4.78, 5) is 4.68. The third-order valence-corrected chi connectivity index (χ3v) is 4.18. The van der Waals surface area contributed by atoms with E-state index in [2.05, 4.69) is 48.3 Å². The van der Waals surface area contributed by atoms with Gasteiger partial charge >= 0.3 is 0 Å². The van der Waals surface area contributed by atoms with Crippen LogP contribution in [0.2, 0.25) is 0 Å². The number of hydrogen-bond donors (Lipinski definition) is 1. The second-order valence-electron chi connectivity index (χ2n) is 5.58. The van der Waals surface area contributed by atoms with Crippen LogP contribution >= 0.6 is 11.3 Å². The van der Waals surface area contributed by atoms with E-state index in [1.165, 1.54) is 9.75 Å². The zero-order valence-corrected chi connectivity index (χ0v) is 14.0. The minimum absolute atomic E-state index is 0.514. The van der Waals surface area contributed by atoms with E-state index in [0.29, 0.717) is 12.6 Å². The molecule has 1 aromatic heterocycles. The molecule has 2 rings (SSSR count). The number of thiophene rings is 1. The number of nitrogens with zero attached hydrogens (tertiary/aromatic N) is 1. The molecule has 0 radical (unpaired) electrons. The number of hydrogen-bond acceptors (Lipinski definition) is 4. The molecule has 0 aliphatic carbocycles. The number of anilines is 1. The lowest BCUT2D eigenvalue weighted by Gasteiger charge is -2.13.